The maximum absolute atomic E-state index is 5.51. The molecule has 21 heavy (non-hydrogen) atoms. The van der Waals surface area contributed by atoms with Crippen molar-refractivity contribution >= 4 is 0 Å². The Morgan fingerprint density at radius 3 is 2.76 bits per heavy atom. The average Bonchev–Trinajstić information content (AvgIpc) is 2.48. The van der Waals surface area contributed by atoms with Crippen LogP contribution in [0.15, 0.2) is 24.3 Å². The molecule has 2 atom stereocenters. The number of hydrogen-bond donors (Lipinski definition) is 1. The Labute approximate surface area is 129 Å². The lowest BCUT2D eigenvalue weighted by Gasteiger charge is -2.42. The first-order valence-corrected chi connectivity index (χ1v) is 8.25. The number of piperazine rings is 1. The Bertz CT molecular complexity index is 433. The van der Waals surface area contributed by atoms with E-state index in [1.54, 1.807) is 7.11 Å². The molecule has 3 heteroatoms. The summed E-state index contributed by atoms with van der Waals surface area (Å²) in [5.74, 6) is 1.67. The van der Waals surface area contributed by atoms with Crippen LogP contribution in [0, 0.1) is 5.92 Å². The normalized spacial score (nSPS) is 23.5. The summed E-state index contributed by atoms with van der Waals surface area (Å²) in [6, 6.07) is 9.62. The fourth-order valence-electron chi connectivity index (χ4n) is 3.33. The molecule has 0 amide bonds. The minimum atomic E-state index is 0.600. The van der Waals surface area contributed by atoms with E-state index in [4.69, 9.17) is 4.74 Å². The highest BCUT2D eigenvalue weighted by molar-refractivity contribution is 5.33. The average molecular weight is 290 g/mol. The molecule has 0 spiro atoms. The van der Waals surface area contributed by atoms with Crippen molar-refractivity contribution in [2.24, 2.45) is 5.92 Å². The van der Waals surface area contributed by atoms with Gasteiger partial charge in [0.2, 0.25) is 0 Å². The lowest BCUT2D eigenvalue weighted by molar-refractivity contribution is 0.0877. The highest BCUT2D eigenvalue weighted by atomic mass is 16.5. The minimum Gasteiger partial charge on any atom is -0.496 e. The SMILES string of the molecule is CCCC1CN(Cc2ccccc2OC)C(C(C)C)CN1. The van der Waals surface area contributed by atoms with E-state index in [-0.39, 0.29) is 0 Å². The van der Waals surface area contributed by atoms with Crippen LogP contribution in [0.1, 0.15) is 39.2 Å². The smallest absolute Gasteiger partial charge is 0.123 e. The lowest BCUT2D eigenvalue weighted by atomic mass is 9.96. The van der Waals surface area contributed by atoms with Crippen LogP contribution < -0.4 is 10.1 Å². The molecule has 1 aromatic carbocycles. The maximum Gasteiger partial charge on any atom is 0.123 e. The molecule has 0 aromatic heterocycles. The van der Waals surface area contributed by atoms with Crippen molar-refractivity contribution in [2.75, 3.05) is 20.2 Å². The number of rotatable bonds is 6. The number of ether oxygens (including phenoxy) is 1. The first kappa shape index (κ1) is 16.3. The van der Waals surface area contributed by atoms with Gasteiger partial charge >= 0.3 is 0 Å². The van der Waals surface area contributed by atoms with Gasteiger partial charge in [-0.25, -0.2) is 0 Å². The van der Waals surface area contributed by atoms with Crippen LogP contribution in [0.25, 0.3) is 0 Å². The van der Waals surface area contributed by atoms with Crippen molar-refractivity contribution in [3.05, 3.63) is 29.8 Å². The predicted octanol–water partition coefficient (Wildman–Crippen LogP) is 3.29. The molecule has 1 aliphatic rings. The number of para-hydroxylation sites is 1. The Balaban J connectivity index is 2.12. The second-order valence-electron chi connectivity index (χ2n) is 6.45. The van der Waals surface area contributed by atoms with Gasteiger partial charge in [0.1, 0.15) is 5.75 Å². The molecule has 2 unspecified atom stereocenters. The van der Waals surface area contributed by atoms with E-state index < -0.39 is 0 Å². The monoisotopic (exact) mass is 290 g/mol. The van der Waals surface area contributed by atoms with Gasteiger partial charge in [-0.15, -0.1) is 0 Å². The molecule has 1 N–H and O–H groups in total. The Hall–Kier alpha value is -1.06. The third kappa shape index (κ3) is 4.21. The van der Waals surface area contributed by atoms with Gasteiger partial charge in [-0.3, -0.25) is 4.90 Å². The number of benzene rings is 1. The third-order valence-electron chi connectivity index (χ3n) is 4.51. The van der Waals surface area contributed by atoms with Crippen LogP contribution in [0.3, 0.4) is 0 Å². The molecular formula is C18H30N2O. The molecule has 1 aromatic rings. The van der Waals surface area contributed by atoms with Crippen molar-refractivity contribution in [3.63, 3.8) is 0 Å². The van der Waals surface area contributed by atoms with E-state index in [1.165, 1.54) is 18.4 Å². The van der Waals surface area contributed by atoms with E-state index in [0.717, 1.165) is 25.4 Å². The van der Waals surface area contributed by atoms with E-state index >= 15 is 0 Å². The molecule has 3 nitrogen and oxygen atoms in total. The largest absolute Gasteiger partial charge is 0.496 e. The fraction of sp³-hybridized carbons (Fsp3) is 0.667. The Morgan fingerprint density at radius 1 is 1.33 bits per heavy atom. The Morgan fingerprint density at radius 2 is 2.10 bits per heavy atom. The van der Waals surface area contributed by atoms with Crippen molar-refractivity contribution in [2.45, 2.75) is 52.2 Å². The molecule has 0 saturated carbocycles. The molecule has 1 heterocycles. The predicted molar refractivity (Wildman–Crippen MR) is 88.7 cm³/mol. The van der Waals surface area contributed by atoms with E-state index in [2.05, 4.69) is 49.2 Å². The van der Waals surface area contributed by atoms with Crippen LogP contribution in [0.2, 0.25) is 0 Å². The summed E-state index contributed by atoms with van der Waals surface area (Å²) in [5.41, 5.74) is 1.29. The van der Waals surface area contributed by atoms with Crippen molar-refractivity contribution < 1.29 is 4.74 Å². The lowest BCUT2D eigenvalue weighted by Crippen LogP contribution is -2.57. The Kier molecular flexibility index (Phi) is 6.07. The highest BCUT2D eigenvalue weighted by Crippen LogP contribution is 2.24. The molecule has 1 aliphatic heterocycles. The zero-order valence-electron chi connectivity index (χ0n) is 13.9. The van der Waals surface area contributed by atoms with Gasteiger partial charge in [0, 0.05) is 37.3 Å². The van der Waals surface area contributed by atoms with Crippen molar-refractivity contribution in [3.8, 4) is 5.75 Å². The topological polar surface area (TPSA) is 24.5 Å². The number of methoxy groups -OCH3 is 1. The summed E-state index contributed by atoms with van der Waals surface area (Å²) in [6.07, 6.45) is 2.50. The number of nitrogens with zero attached hydrogens (tertiary/aromatic N) is 1. The third-order valence-corrected chi connectivity index (χ3v) is 4.51. The highest BCUT2D eigenvalue weighted by Gasteiger charge is 2.29. The molecule has 0 bridgehead atoms. The molecular weight excluding hydrogens is 260 g/mol. The number of hydrogen-bond acceptors (Lipinski definition) is 3. The van der Waals surface area contributed by atoms with Gasteiger partial charge < -0.3 is 10.1 Å². The van der Waals surface area contributed by atoms with Gasteiger partial charge in [0.15, 0.2) is 0 Å². The zero-order chi connectivity index (χ0) is 15.2. The summed E-state index contributed by atoms with van der Waals surface area (Å²) >= 11 is 0. The second kappa shape index (κ2) is 7.81. The standard InChI is InChI=1S/C18H30N2O/c1-5-8-16-13-20(17(11-19-16)14(2)3)12-15-9-6-7-10-18(15)21-4/h6-7,9-10,14,16-17,19H,5,8,11-13H2,1-4H3. The van der Waals surface area contributed by atoms with Gasteiger partial charge in [-0.05, 0) is 18.4 Å². The fourth-order valence-corrected chi connectivity index (χ4v) is 3.33. The quantitative estimate of drug-likeness (QED) is 0.870. The summed E-state index contributed by atoms with van der Waals surface area (Å²) in [7, 11) is 1.76. The van der Waals surface area contributed by atoms with Crippen LogP contribution >= 0.6 is 0 Å². The van der Waals surface area contributed by atoms with Crippen LogP contribution in [0.5, 0.6) is 5.75 Å². The zero-order valence-corrected chi connectivity index (χ0v) is 13.9. The van der Waals surface area contributed by atoms with Gasteiger partial charge in [-0.1, -0.05) is 45.4 Å². The molecule has 0 aliphatic carbocycles. The second-order valence-corrected chi connectivity index (χ2v) is 6.45. The summed E-state index contributed by atoms with van der Waals surface area (Å²) in [4.78, 5) is 2.64. The van der Waals surface area contributed by atoms with Gasteiger partial charge in [0.05, 0.1) is 7.11 Å². The summed E-state index contributed by atoms with van der Waals surface area (Å²) in [5, 5.41) is 3.72. The molecule has 0 radical (unpaired) electrons. The molecule has 1 fully saturated rings. The van der Waals surface area contributed by atoms with E-state index in [1.807, 2.05) is 6.07 Å². The first-order chi connectivity index (χ1) is 10.2. The molecule has 118 valence electrons. The minimum absolute atomic E-state index is 0.600. The van der Waals surface area contributed by atoms with E-state index in [9.17, 15) is 0 Å². The van der Waals surface area contributed by atoms with Gasteiger partial charge in [-0.2, -0.15) is 0 Å². The van der Waals surface area contributed by atoms with Crippen molar-refractivity contribution in [1.29, 1.82) is 0 Å². The van der Waals surface area contributed by atoms with Gasteiger partial charge in [0.25, 0.3) is 0 Å². The van der Waals surface area contributed by atoms with Crippen LogP contribution in [0.4, 0.5) is 0 Å². The molecule has 1 saturated heterocycles. The van der Waals surface area contributed by atoms with Crippen LogP contribution in [-0.2, 0) is 6.54 Å². The summed E-state index contributed by atoms with van der Waals surface area (Å²) < 4.78 is 5.51. The van der Waals surface area contributed by atoms with Crippen LogP contribution in [-0.4, -0.2) is 37.2 Å². The maximum atomic E-state index is 5.51. The number of nitrogens with one attached hydrogen (secondary N) is 1. The van der Waals surface area contributed by atoms with Crippen molar-refractivity contribution in [1.82, 2.24) is 10.2 Å². The summed E-state index contributed by atoms with van der Waals surface area (Å²) in [6.45, 7) is 10.1. The molecule has 2 rings (SSSR count). The van der Waals surface area contributed by atoms with E-state index in [0.29, 0.717) is 18.0 Å². The first-order valence-electron chi connectivity index (χ1n) is 8.25.